The molecular formula is C19H29N5O. The molecule has 1 aromatic rings. The Morgan fingerprint density at radius 3 is 2.84 bits per heavy atom. The zero-order valence-corrected chi connectivity index (χ0v) is 15.6. The smallest absolute Gasteiger partial charge is 0.227 e. The van der Waals surface area contributed by atoms with E-state index in [9.17, 15) is 4.79 Å². The molecule has 1 aromatic heterocycles. The van der Waals surface area contributed by atoms with Gasteiger partial charge in [0.15, 0.2) is 0 Å². The molecule has 1 aliphatic carbocycles. The molecule has 3 unspecified atom stereocenters. The van der Waals surface area contributed by atoms with Gasteiger partial charge >= 0.3 is 0 Å². The zero-order chi connectivity index (χ0) is 17.6. The first kappa shape index (κ1) is 16.8. The van der Waals surface area contributed by atoms with Crippen molar-refractivity contribution >= 4 is 11.7 Å². The van der Waals surface area contributed by atoms with Crippen molar-refractivity contribution in [2.45, 2.75) is 45.1 Å². The molecule has 1 saturated carbocycles. The molecule has 1 N–H and O–H groups in total. The number of likely N-dealkylation sites (tertiary alicyclic amines) is 2. The Labute approximate surface area is 150 Å². The number of rotatable bonds is 4. The second kappa shape index (κ2) is 6.24. The van der Waals surface area contributed by atoms with E-state index in [2.05, 4.69) is 39.1 Å². The highest BCUT2D eigenvalue weighted by molar-refractivity contribution is 5.80. The first-order chi connectivity index (χ1) is 12.0. The summed E-state index contributed by atoms with van der Waals surface area (Å²) in [6.07, 6.45) is 4.16. The number of nitrogens with one attached hydrogen (secondary N) is 1. The van der Waals surface area contributed by atoms with Gasteiger partial charge in [-0.1, -0.05) is 6.92 Å². The molecule has 3 atom stereocenters. The van der Waals surface area contributed by atoms with Gasteiger partial charge in [-0.2, -0.15) is 0 Å². The van der Waals surface area contributed by atoms with Crippen LogP contribution in [0.1, 0.15) is 37.7 Å². The van der Waals surface area contributed by atoms with Gasteiger partial charge in [-0.05, 0) is 39.8 Å². The largest absolute Gasteiger partial charge is 0.362 e. The summed E-state index contributed by atoms with van der Waals surface area (Å²) in [5.74, 6) is 2.90. The number of hydrogen-bond donors (Lipinski definition) is 1. The van der Waals surface area contributed by atoms with Gasteiger partial charge in [0.1, 0.15) is 11.6 Å². The first-order valence-corrected chi connectivity index (χ1v) is 9.59. The number of aromatic nitrogens is 2. The van der Waals surface area contributed by atoms with Gasteiger partial charge in [0.05, 0.1) is 11.5 Å². The summed E-state index contributed by atoms with van der Waals surface area (Å²) in [4.78, 5) is 26.4. The van der Waals surface area contributed by atoms with Crippen LogP contribution in [0, 0.1) is 18.8 Å². The van der Waals surface area contributed by atoms with E-state index in [-0.39, 0.29) is 11.5 Å². The quantitative estimate of drug-likeness (QED) is 0.902. The van der Waals surface area contributed by atoms with Crippen molar-refractivity contribution in [1.29, 1.82) is 0 Å². The van der Waals surface area contributed by atoms with Crippen LogP contribution in [-0.4, -0.2) is 64.4 Å². The molecule has 6 heteroatoms. The molecule has 3 fully saturated rings. The minimum absolute atomic E-state index is 0.0198. The van der Waals surface area contributed by atoms with Crippen LogP contribution in [0.4, 0.5) is 5.82 Å². The fourth-order valence-corrected chi connectivity index (χ4v) is 4.72. The monoisotopic (exact) mass is 343 g/mol. The molecule has 0 aromatic carbocycles. The van der Waals surface area contributed by atoms with Crippen LogP contribution in [0.15, 0.2) is 6.07 Å². The minimum Gasteiger partial charge on any atom is -0.362 e. The van der Waals surface area contributed by atoms with Crippen LogP contribution < -0.4 is 5.32 Å². The van der Waals surface area contributed by atoms with Gasteiger partial charge in [-0.3, -0.25) is 4.79 Å². The number of amides is 1. The predicted molar refractivity (Wildman–Crippen MR) is 97.4 cm³/mol. The third-order valence-corrected chi connectivity index (χ3v) is 6.28. The van der Waals surface area contributed by atoms with Gasteiger partial charge in [0, 0.05) is 43.7 Å². The van der Waals surface area contributed by atoms with Crippen LogP contribution in [0.25, 0.3) is 0 Å². The van der Waals surface area contributed by atoms with Crippen LogP contribution in [-0.2, 0) is 11.2 Å². The van der Waals surface area contributed by atoms with E-state index in [0.29, 0.717) is 11.8 Å². The Balaban J connectivity index is 1.47. The average Bonchev–Trinajstić information content (AvgIpc) is 3.10. The Morgan fingerprint density at radius 1 is 1.36 bits per heavy atom. The predicted octanol–water partition coefficient (Wildman–Crippen LogP) is 1.70. The highest BCUT2D eigenvalue weighted by Gasteiger charge is 2.55. The van der Waals surface area contributed by atoms with Crippen LogP contribution in [0.3, 0.4) is 0 Å². The lowest BCUT2D eigenvalue weighted by Gasteiger charge is -2.44. The Morgan fingerprint density at radius 2 is 2.20 bits per heavy atom. The molecule has 4 rings (SSSR count). The van der Waals surface area contributed by atoms with E-state index in [4.69, 9.17) is 0 Å². The first-order valence-electron chi connectivity index (χ1n) is 9.59. The summed E-state index contributed by atoms with van der Waals surface area (Å²) in [7, 11) is 2.10. The summed E-state index contributed by atoms with van der Waals surface area (Å²) in [5.41, 5.74) is 1.02. The molecule has 25 heavy (non-hydrogen) atoms. The molecule has 0 bridgehead atoms. The summed E-state index contributed by atoms with van der Waals surface area (Å²) in [5, 5.41) is 3.70. The van der Waals surface area contributed by atoms with Crippen molar-refractivity contribution in [2.75, 3.05) is 38.5 Å². The number of aryl methyl sites for hydroxylation is 2. The van der Waals surface area contributed by atoms with Crippen molar-refractivity contribution in [1.82, 2.24) is 19.8 Å². The average molecular weight is 343 g/mol. The third kappa shape index (κ3) is 3.01. The molecular weight excluding hydrogens is 314 g/mol. The number of fused-ring (bicyclic) bond motifs is 1. The topological polar surface area (TPSA) is 61.4 Å². The molecule has 3 aliphatic rings. The SMILES string of the molecule is CCc1nc(C)cc(NC23CCC2CN(C(=O)C2CCN(C)C2)C3)n1. The number of hydrogen-bond acceptors (Lipinski definition) is 5. The zero-order valence-electron chi connectivity index (χ0n) is 15.6. The van der Waals surface area contributed by atoms with Gasteiger partial charge < -0.3 is 15.1 Å². The minimum atomic E-state index is 0.0198. The Kier molecular flexibility index (Phi) is 4.18. The van der Waals surface area contributed by atoms with E-state index in [1.165, 1.54) is 6.42 Å². The molecule has 2 saturated heterocycles. The fraction of sp³-hybridized carbons (Fsp3) is 0.737. The van der Waals surface area contributed by atoms with Crippen LogP contribution >= 0.6 is 0 Å². The molecule has 0 spiro atoms. The molecule has 3 heterocycles. The number of anilines is 1. The summed E-state index contributed by atoms with van der Waals surface area (Å²) >= 11 is 0. The van der Waals surface area contributed by atoms with Crippen molar-refractivity contribution < 1.29 is 4.79 Å². The maximum Gasteiger partial charge on any atom is 0.227 e. The maximum absolute atomic E-state index is 12.9. The summed E-state index contributed by atoms with van der Waals surface area (Å²) in [6.45, 7) is 7.76. The van der Waals surface area contributed by atoms with E-state index in [1.807, 2.05) is 13.0 Å². The molecule has 6 nitrogen and oxygen atoms in total. The van der Waals surface area contributed by atoms with Crippen molar-refractivity contribution in [3.05, 3.63) is 17.6 Å². The van der Waals surface area contributed by atoms with Crippen molar-refractivity contribution in [3.63, 3.8) is 0 Å². The summed E-state index contributed by atoms with van der Waals surface area (Å²) < 4.78 is 0. The van der Waals surface area contributed by atoms with Gasteiger partial charge in [0.2, 0.25) is 5.91 Å². The van der Waals surface area contributed by atoms with E-state index in [1.54, 1.807) is 0 Å². The molecule has 0 radical (unpaired) electrons. The van der Waals surface area contributed by atoms with E-state index < -0.39 is 0 Å². The van der Waals surface area contributed by atoms with Crippen LogP contribution in [0.2, 0.25) is 0 Å². The lowest BCUT2D eigenvalue weighted by Crippen LogP contribution is -2.53. The second-order valence-corrected chi connectivity index (χ2v) is 8.15. The van der Waals surface area contributed by atoms with Crippen LogP contribution in [0.5, 0.6) is 0 Å². The van der Waals surface area contributed by atoms with Gasteiger partial charge in [-0.15, -0.1) is 0 Å². The third-order valence-electron chi connectivity index (χ3n) is 6.28. The summed E-state index contributed by atoms with van der Waals surface area (Å²) in [6, 6.07) is 2.03. The van der Waals surface area contributed by atoms with E-state index in [0.717, 1.165) is 62.8 Å². The van der Waals surface area contributed by atoms with Gasteiger partial charge in [0.25, 0.3) is 0 Å². The highest BCUT2D eigenvalue weighted by Crippen LogP contribution is 2.47. The molecule has 136 valence electrons. The lowest BCUT2D eigenvalue weighted by atomic mass is 9.69. The Bertz CT molecular complexity index is 678. The number of carbonyl (C=O) groups is 1. The van der Waals surface area contributed by atoms with E-state index >= 15 is 0 Å². The second-order valence-electron chi connectivity index (χ2n) is 8.15. The molecule has 1 amide bonds. The normalized spacial score (nSPS) is 31.7. The van der Waals surface area contributed by atoms with Gasteiger partial charge in [-0.25, -0.2) is 9.97 Å². The van der Waals surface area contributed by atoms with Crippen molar-refractivity contribution in [3.8, 4) is 0 Å². The highest BCUT2D eigenvalue weighted by atomic mass is 16.2. The molecule has 2 aliphatic heterocycles. The Hall–Kier alpha value is -1.69. The number of nitrogens with zero attached hydrogens (tertiary/aromatic N) is 4. The number of carbonyl (C=O) groups excluding carboxylic acids is 1. The lowest BCUT2D eigenvalue weighted by molar-refractivity contribution is -0.134. The fourth-order valence-electron chi connectivity index (χ4n) is 4.72. The standard InChI is InChI=1S/C19H29N5O/c1-4-16-20-13(2)9-17(21-16)22-19-7-5-15(19)11-24(12-19)18(25)14-6-8-23(3)10-14/h9,14-15H,4-8,10-12H2,1-3H3,(H,20,21,22). The maximum atomic E-state index is 12.9. The van der Waals surface area contributed by atoms with Crippen molar-refractivity contribution in [2.24, 2.45) is 11.8 Å².